The molecule has 0 bridgehead atoms. The van der Waals surface area contributed by atoms with Crippen LogP contribution in [-0.4, -0.2) is 31.8 Å². The Kier molecular flexibility index (Phi) is 5.34. The molecule has 0 saturated heterocycles. The van der Waals surface area contributed by atoms with Crippen molar-refractivity contribution < 1.29 is 13.6 Å². The van der Waals surface area contributed by atoms with E-state index in [0.29, 0.717) is 11.0 Å². The highest BCUT2D eigenvalue weighted by Gasteiger charge is 2.13. The fraction of sp³-hybridized carbons (Fsp3) is 0.143. The lowest BCUT2D eigenvalue weighted by Gasteiger charge is -2.08. The first kappa shape index (κ1) is 19.4. The highest BCUT2D eigenvalue weighted by molar-refractivity contribution is 5.94. The molecule has 0 atom stereocenters. The molecule has 2 heterocycles. The summed E-state index contributed by atoms with van der Waals surface area (Å²) < 4.78 is 29.6. The van der Waals surface area contributed by atoms with Gasteiger partial charge in [0.15, 0.2) is 5.65 Å². The molecule has 30 heavy (non-hydrogen) atoms. The number of amides is 1. The summed E-state index contributed by atoms with van der Waals surface area (Å²) >= 11 is 0. The molecular weight excluding hydrogens is 392 g/mol. The second-order valence-electron chi connectivity index (χ2n) is 6.64. The van der Waals surface area contributed by atoms with Gasteiger partial charge < -0.3 is 5.32 Å². The molecular formula is C21H17F2N5O2. The van der Waals surface area contributed by atoms with E-state index in [-0.39, 0.29) is 36.6 Å². The van der Waals surface area contributed by atoms with E-state index >= 15 is 0 Å². The molecule has 7 nitrogen and oxygen atoms in total. The Morgan fingerprint density at radius 3 is 2.60 bits per heavy atom. The van der Waals surface area contributed by atoms with Gasteiger partial charge >= 0.3 is 0 Å². The van der Waals surface area contributed by atoms with Gasteiger partial charge in [-0.1, -0.05) is 24.3 Å². The van der Waals surface area contributed by atoms with E-state index in [1.807, 2.05) is 0 Å². The molecule has 0 aliphatic rings. The van der Waals surface area contributed by atoms with Crippen LogP contribution in [0.15, 0.2) is 65.8 Å². The SMILES string of the molecule is O=C(NCCn1ncc2c(=O)n(Cc3ccc(F)cc3)cnc21)c1ccccc1F. The van der Waals surface area contributed by atoms with Gasteiger partial charge in [-0.05, 0) is 29.8 Å². The Balaban J connectivity index is 1.46. The summed E-state index contributed by atoms with van der Waals surface area (Å²) in [5.41, 5.74) is 0.842. The van der Waals surface area contributed by atoms with E-state index in [2.05, 4.69) is 15.4 Å². The molecule has 0 saturated carbocycles. The van der Waals surface area contributed by atoms with Crippen LogP contribution in [-0.2, 0) is 13.1 Å². The predicted octanol–water partition coefficient (Wildman–Crippen LogP) is 2.35. The smallest absolute Gasteiger partial charge is 0.264 e. The van der Waals surface area contributed by atoms with Crippen LogP contribution in [0.1, 0.15) is 15.9 Å². The first-order chi connectivity index (χ1) is 14.5. The van der Waals surface area contributed by atoms with Crippen molar-refractivity contribution in [1.82, 2.24) is 24.6 Å². The number of nitrogens with one attached hydrogen (secondary N) is 1. The van der Waals surface area contributed by atoms with Crippen LogP contribution in [0.4, 0.5) is 8.78 Å². The van der Waals surface area contributed by atoms with Crippen LogP contribution in [0.5, 0.6) is 0 Å². The van der Waals surface area contributed by atoms with Crippen molar-refractivity contribution in [2.75, 3.05) is 6.54 Å². The van der Waals surface area contributed by atoms with Gasteiger partial charge in [-0.15, -0.1) is 0 Å². The number of nitrogens with zero attached hydrogens (tertiary/aromatic N) is 4. The first-order valence-electron chi connectivity index (χ1n) is 9.21. The quantitative estimate of drug-likeness (QED) is 0.530. The van der Waals surface area contributed by atoms with E-state index in [4.69, 9.17) is 0 Å². The average molecular weight is 409 g/mol. The van der Waals surface area contributed by atoms with Gasteiger partial charge in [-0.25, -0.2) is 18.4 Å². The van der Waals surface area contributed by atoms with Crippen molar-refractivity contribution in [1.29, 1.82) is 0 Å². The number of hydrogen-bond acceptors (Lipinski definition) is 4. The molecule has 0 radical (unpaired) electrons. The van der Waals surface area contributed by atoms with E-state index in [0.717, 1.165) is 5.56 Å². The van der Waals surface area contributed by atoms with Gasteiger partial charge in [0.25, 0.3) is 11.5 Å². The van der Waals surface area contributed by atoms with Crippen LogP contribution >= 0.6 is 0 Å². The number of fused-ring (bicyclic) bond motifs is 1. The van der Waals surface area contributed by atoms with Gasteiger partial charge in [0, 0.05) is 6.54 Å². The van der Waals surface area contributed by atoms with Gasteiger partial charge in [-0.2, -0.15) is 5.10 Å². The summed E-state index contributed by atoms with van der Waals surface area (Å²) in [7, 11) is 0. The summed E-state index contributed by atoms with van der Waals surface area (Å²) in [5, 5.41) is 7.13. The standard InChI is InChI=1S/C21H17F2N5O2/c22-15-7-5-14(6-8-15)12-27-13-25-19-17(21(27)30)11-26-28(19)10-9-24-20(29)16-3-1-2-4-18(16)23/h1-8,11,13H,9-10,12H2,(H,24,29). The van der Waals surface area contributed by atoms with Crippen molar-refractivity contribution in [3.8, 4) is 0 Å². The molecule has 152 valence electrons. The number of benzene rings is 2. The van der Waals surface area contributed by atoms with Crippen molar-refractivity contribution in [3.63, 3.8) is 0 Å². The third kappa shape index (κ3) is 3.95. The maximum atomic E-state index is 13.7. The van der Waals surface area contributed by atoms with Crippen LogP contribution in [0.3, 0.4) is 0 Å². The molecule has 1 N–H and O–H groups in total. The van der Waals surface area contributed by atoms with Crippen molar-refractivity contribution in [2.45, 2.75) is 13.1 Å². The lowest BCUT2D eigenvalue weighted by atomic mass is 10.2. The first-order valence-corrected chi connectivity index (χ1v) is 9.21. The minimum Gasteiger partial charge on any atom is -0.350 e. The molecule has 0 unspecified atom stereocenters. The van der Waals surface area contributed by atoms with Crippen LogP contribution in [0.2, 0.25) is 0 Å². The lowest BCUT2D eigenvalue weighted by molar-refractivity contribution is 0.0948. The zero-order chi connectivity index (χ0) is 21.1. The molecule has 0 fully saturated rings. The van der Waals surface area contributed by atoms with E-state index in [1.165, 1.54) is 52.1 Å². The third-order valence-corrected chi connectivity index (χ3v) is 4.62. The van der Waals surface area contributed by atoms with E-state index < -0.39 is 11.7 Å². The van der Waals surface area contributed by atoms with E-state index in [1.54, 1.807) is 18.2 Å². The normalized spacial score (nSPS) is 11.0. The summed E-state index contributed by atoms with van der Waals surface area (Å²) in [6.45, 7) is 0.703. The fourth-order valence-corrected chi connectivity index (χ4v) is 3.08. The molecule has 2 aromatic carbocycles. The molecule has 1 amide bonds. The predicted molar refractivity (Wildman–Crippen MR) is 106 cm³/mol. The molecule has 4 rings (SSSR count). The highest BCUT2D eigenvalue weighted by atomic mass is 19.1. The number of aromatic nitrogens is 4. The molecule has 9 heteroatoms. The average Bonchev–Trinajstić information content (AvgIpc) is 3.15. The Morgan fingerprint density at radius 2 is 1.83 bits per heavy atom. The molecule has 4 aromatic rings. The van der Waals surface area contributed by atoms with Crippen LogP contribution in [0, 0.1) is 11.6 Å². The van der Waals surface area contributed by atoms with Gasteiger partial charge in [0.1, 0.15) is 23.3 Å². The van der Waals surface area contributed by atoms with Crippen molar-refractivity contribution >= 4 is 16.9 Å². The number of rotatable bonds is 6. The Hall–Kier alpha value is -3.88. The summed E-state index contributed by atoms with van der Waals surface area (Å²) in [5.74, 6) is -1.47. The zero-order valence-corrected chi connectivity index (χ0v) is 15.8. The summed E-state index contributed by atoms with van der Waals surface area (Å²) in [4.78, 5) is 29.1. The number of carbonyl (C=O) groups is 1. The van der Waals surface area contributed by atoms with Gasteiger partial charge in [0.05, 0.1) is 24.8 Å². The maximum absolute atomic E-state index is 13.7. The monoisotopic (exact) mass is 409 g/mol. The highest BCUT2D eigenvalue weighted by Crippen LogP contribution is 2.09. The topological polar surface area (TPSA) is 81.8 Å². The largest absolute Gasteiger partial charge is 0.350 e. The van der Waals surface area contributed by atoms with Crippen molar-refractivity contribution in [3.05, 3.63) is 94.2 Å². The zero-order valence-electron chi connectivity index (χ0n) is 15.8. The molecule has 0 aliphatic heterocycles. The third-order valence-electron chi connectivity index (χ3n) is 4.62. The van der Waals surface area contributed by atoms with Crippen LogP contribution in [0.25, 0.3) is 11.0 Å². The number of halogens is 2. The summed E-state index contributed by atoms with van der Waals surface area (Å²) in [6, 6.07) is 11.6. The Morgan fingerprint density at radius 1 is 1.07 bits per heavy atom. The van der Waals surface area contributed by atoms with Gasteiger partial charge in [-0.3, -0.25) is 14.2 Å². The second kappa shape index (κ2) is 8.24. The van der Waals surface area contributed by atoms with Crippen molar-refractivity contribution in [2.24, 2.45) is 0 Å². The van der Waals surface area contributed by atoms with Gasteiger partial charge in [0.2, 0.25) is 0 Å². The van der Waals surface area contributed by atoms with Crippen LogP contribution < -0.4 is 10.9 Å². The van der Waals surface area contributed by atoms with E-state index in [9.17, 15) is 18.4 Å². The molecule has 0 spiro atoms. The Bertz CT molecular complexity index is 1260. The second-order valence-corrected chi connectivity index (χ2v) is 6.64. The fourth-order valence-electron chi connectivity index (χ4n) is 3.08. The maximum Gasteiger partial charge on any atom is 0.264 e. The number of hydrogen-bond donors (Lipinski definition) is 1. The summed E-state index contributed by atoms with van der Waals surface area (Å²) in [6.07, 6.45) is 2.83. The Labute approximate surface area is 169 Å². The lowest BCUT2D eigenvalue weighted by Crippen LogP contribution is -2.28. The molecule has 2 aromatic heterocycles. The number of carbonyl (C=O) groups excluding carboxylic acids is 1. The minimum atomic E-state index is -0.595. The molecule has 0 aliphatic carbocycles. The minimum absolute atomic E-state index is 0.0374.